The maximum absolute atomic E-state index is 10.8. The van der Waals surface area contributed by atoms with Gasteiger partial charge in [-0.3, -0.25) is 4.18 Å². The summed E-state index contributed by atoms with van der Waals surface area (Å²) in [7, 11) is -3.91. The Morgan fingerprint density at radius 3 is 2.53 bits per heavy atom. The van der Waals surface area contributed by atoms with E-state index in [2.05, 4.69) is 4.18 Å². The molecule has 0 bridgehead atoms. The maximum atomic E-state index is 10.8. The van der Waals surface area contributed by atoms with Crippen molar-refractivity contribution in [2.24, 2.45) is 5.14 Å². The molecule has 19 heavy (non-hydrogen) atoms. The second-order valence-electron chi connectivity index (χ2n) is 4.27. The van der Waals surface area contributed by atoms with Crippen molar-refractivity contribution in [2.45, 2.75) is 13.5 Å². The number of rotatable bonds is 4. The van der Waals surface area contributed by atoms with Crippen molar-refractivity contribution in [1.29, 1.82) is 0 Å². The van der Waals surface area contributed by atoms with Crippen LogP contribution in [0.3, 0.4) is 0 Å². The van der Waals surface area contributed by atoms with E-state index in [-0.39, 0.29) is 6.61 Å². The average Bonchev–Trinajstić information content (AvgIpc) is 2.36. The van der Waals surface area contributed by atoms with Crippen LogP contribution in [0.15, 0.2) is 48.5 Å². The zero-order valence-electron chi connectivity index (χ0n) is 10.5. The molecule has 2 aromatic rings. The Morgan fingerprint density at radius 1 is 1.11 bits per heavy atom. The Labute approximate surface area is 113 Å². The third-order valence-electron chi connectivity index (χ3n) is 2.77. The van der Waals surface area contributed by atoms with E-state index in [1.54, 1.807) is 6.07 Å². The molecule has 5 heteroatoms. The van der Waals surface area contributed by atoms with E-state index < -0.39 is 10.3 Å². The Morgan fingerprint density at radius 2 is 1.84 bits per heavy atom. The monoisotopic (exact) mass is 277 g/mol. The first-order valence-corrected chi connectivity index (χ1v) is 7.25. The predicted octanol–water partition coefficient (Wildman–Crippen LogP) is 2.38. The van der Waals surface area contributed by atoms with Crippen LogP contribution in [0.25, 0.3) is 11.1 Å². The molecule has 0 aliphatic rings. The first-order chi connectivity index (χ1) is 8.96. The topological polar surface area (TPSA) is 69.4 Å². The first kappa shape index (κ1) is 13.7. The third kappa shape index (κ3) is 3.89. The largest absolute Gasteiger partial charge is 0.333 e. The van der Waals surface area contributed by atoms with Crippen molar-refractivity contribution in [3.63, 3.8) is 0 Å². The Balaban J connectivity index is 2.27. The third-order valence-corrected chi connectivity index (χ3v) is 3.22. The van der Waals surface area contributed by atoms with Crippen LogP contribution in [0.2, 0.25) is 0 Å². The summed E-state index contributed by atoms with van der Waals surface area (Å²) in [5.74, 6) is 0. The highest BCUT2D eigenvalue weighted by atomic mass is 32.2. The van der Waals surface area contributed by atoms with Crippen LogP contribution in [0.1, 0.15) is 11.1 Å². The average molecular weight is 277 g/mol. The predicted molar refractivity (Wildman–Crippen MR) is 74.5 cm³/mol. The van der Waals surface area contributed by atoms with Gasteiger partial charge in [0.25, 0.3) is 0 Å². The van der Waals surface area contributed by atoms with Gasteiger partial charge in [-0.1, -0.05) is 42.5 Å². The summed E-state index contributed by atoms with van der Waals surface area (Å²) in [6.45, 7) is 1.97. The number of aryl methyl sites for hydroxylation is 1. The van der Waals surface area contributed by atoms with E-state index in [9.17, 15) is 8.42 Å². The molecule has 2 aromatic carbocycles. The Bertz CT molecular complexity index is 681. The fraction of sp³-hybridized carbons (Fsp3) is 0.143. The van der Waals surface area contributed by atoms with Crippen molar-refractivity contribution in [1.82, 2.24) is 0 Å². The van der Waals surface area contributed by atoms with Gasteiger partial charge in [0.1, 0.15) is 0 Å². The van der Waals surface area contributed by atoms with E-state index in [4.69, 9.17) is 5.14 Å². The molecule has 0 heterocycles. The van der Waals surface area contributed by atoms with E-state index in [0.717, 1.165) is 22.3 Å². The molecule has 0 saturated carbocycles. The lowest BCUT2D eigenvalue weighted by Crippen LogP contribution is -2.15. The van der Waals surface area contributed by atoms with Gasteiger partial charge in [-0.2, -0.15) is 8.42 Å². The Hall–Kier alpha value is -1.69. The van der Waals surface area contributed by atoms with Gasteiger partial charge in [0.15, 0.2) is 0 Å². The minimum absolute atomic E-state index is 0.0570. The van der Waals surface area contributed by atoms with E-state index >= 15 is 0 Å². The number of hydrogen-bond acceptors (Lipinski definition) is 3. The molecule has 0 spiro atoms. The van der Waals surface area contributed by atoms with Crippen molar-refractivity contribution in [3.05, 3.63) is 59.7 Å². The molecule has 0 unspecified atom stereocenters. The smallest absolute Gasteiger partial charge is 0.253 e. The maximum Gasteiger partial charge on any atom is 0.333 e. The van der Waals surface area contributed by atoms with Crippen molar-refractivity contribution in [2.75, 3.05) is 0 Å². The van der Waals surface area contributed by atoms with Crippen LogP contribution in [-0.2, 0) is 21.1 Å². The minimum Gasteiger partial charge on any atom is -0.253 e. The van der Waals surface area contributed by atoms with Crippen LogP contribution in [0, 0.1) is 6.92 Å². The van der Waals surface area contributed by atoms with E-state index in [1.165, 1.54) is 0 Å². The summed E-state index contributed by atoms with van der Waals surface area (Å²) in [6, 6.07) is 15.5. The molecule has 4 nitrogen and oxygen atoms in total. The quantitative estimate of drug-likeness (QED) is 0.932. The van der Waals surface area contributed by atoms with Crippen LogP contribution in [0.4, 0.5) is 0 Å². The van der Waals surface area contributed by atoms with Crippen LogP contribution in [0.5, 0.6) is 0 Å². The number of hydrogen-bond donors (Lipinski definition) is 1. The molecule has 0 aliphatic heterocycles. The normalized spacial score (nSPS) is 11.5. The summed E-state index contributed by atoms with van der Waals surface area (Å²) in [4.78, 5) is 0. The zero-order chi connectivity index (χ0) is 13.9. The van der Waals surface area contributed by atoms with Crippen molar-refractivity contribution >= 4 is 10.3 Å². The van der Waals surface area contributed by atoms with Gasteiger partial charge in [0.2, 0.25) is 0 Å². The zero-order valence-corrected chi connectivity index (χ0v) is 11.4. The highest BCUT2D eigenvalue weighted by molar-refractivity contribution is 7.84. The summed E-state index contributed by atoms with van der Waals surface area (Å²) in [5, 5.41) is 4.81. The highest BCUT2D eigenvalue weighted by Crippen LogP contribution is 2.24. The highest BCUT2D eigenvalue weighted by Gasteiger charge is 2.05. The second kappa shape index (κ2) is 5.52. The lowest BCUT2D eigenvalue weighted by Gasteiger charge is -2.08. The molecule has 2 rings (SSSR count). The van der Waals surface area contributed by atoms with Gasteiger partial charge in [0, 0.05) is 0 Å². The van der Waals surface area contributed by atoms with E-state index in [1.807, 2.05) is 49.4 Å². The second-order valence-corrected chi connectivity index (χ2v) is 5.49. The molecule has 0 saturated heterocycles. The van der Waals surface area contributed by atoms with Gasteiger partial charge in [-0.25, -0.2) is 5.14 Å². The van der Waals surface area contributed by atoms with Crippen LogP contribution >= 0.6 is 0 Å². The van der Waals surface area contributed by atoms with Crippen LogP contribution in [-0.4, -0.2) is 8.42 Å². The lowest BCUT2D eigenvalue weighted by atomic mass is 9.99. The standard InChI is InChI=1S/C14H15NO3S/c1-11-5-2-3-8-14(11)13-7-4-6-12(9-13)10-18-19(15,16)17/h2-9H,10H2,1H3,(H2,15,16,17). The molecule has 0 amide bonds. The van der Waals surface area contributed by atoms with Gasteiger partial charge in [-0.15, -0.1) is 0 Å². The summed E-state index contributed by atoms with van der Waals surface area (Å²) in [6.07, 6.45) is 0. The number of benzene rings is 2. The molecule has 100 valence electrons. The van der Waals surface area contributed by atoms with Crippen molar-refractivity contribution in [3.8, 4) is 11.1 Å². The fourth-order valence-corrected chi connectivity index (χ4v) is 2.18. The number of nitrogens with two attached hydrogens (primary N) is 1. The SMILES string of the molecule is Cc1ccccc1-c1cccc(COS(N)(=O)=O)c1. The van der Waals surface area contributed by atoms with Gasteiger partial charge < -0.3 is 0 Å². The van der Waals surface area contributed by atoms with Gasteiger partial charge >= 0.3 is 10.3 Å². The summed E-state index contributed by atoms with van der Waals surface area (Å²) < 4.78 is 26.1. The lowest BCUT2D eigenvalue weighted by molar-refractivity contribution is 0.308. The molecule has 0 aromatic heterocycles. The van der Waals surface area contributed by atoms with E-state index in [0.29, 0.717) is 0 Å². The first-order valence-electron chi connectivity index (χ1n) is 5.78. The molecule has 0 aliphatic carbocycles. The minimum atomic E-state index is -3.91. The summed E-state index contributed by atoms with van der Waals surface area (Å²) >= 11 is 0. The molecular weight excluding hydrogens is 262 g/mol. The van der Waals surface area contributed by atoms with Crippen molar-refractivity contribution < 1.29 is 12.6 Å². The molecular formula is C14H15NO3S. The van der Waals surface area contributed by atoms with Crippen LogP contribution < -0.4 is 5.14 Å². The molecule has 0 fully saturated rings. The molecule has 2 N–H and O–H groups in total. The van der Waals surface area contributed by atoms with Gasteiger partial charge in [-0.05, 0) is 35.2 Å². The molecule has 0 radical (unpaired) electrons. The Kier molecular flexibility index (Phi) is 3.99. The molecule has 0 atom stereocenters. The van der Waals surface area contributed by atoms with Gasteiger partial charge in [0.05, 0.1) is 6.61 Å². The summed E-state index contributed by atoms with van der Waals surface area (Å²) in [5.41, 5.74) is 4.05. The fourth-order valence-electron chi connectivity index (χ4n) is 1.88.